The smallest absolute Gasteiger partial charge is 0.229 e. The number of nitrogens with one attached hydrogen (secondary N) is 2. The lowest BCUT2D eigenvalue weighted by Gasteiger charge is -2.10. The van der Waals surface area contributed by atoms with Gasteiger partial charge in [-0.05, 0) is 55.5 Å². The van der Waals surface area contributed by atoms with E-state index in [1.54, 1.807) is 43.6 Å². The molecule has 2 N–H and O–H groups in total. The summed E-state index contributed by atoms with van der Waals surface area (Å²) in [5, 5.41) is 6.79. The Labute approximate surface area is 156 Å². The van der Waals surface area contributed by atoms with E-state index < -0.39 is 0 Å². The molecule has 3 rings (SSSR count). The van der Waals surface area contributed by atoms with Crippen LogP contribution >= 0.6 is 11.6 Å². The van der Waals surface area contributed by atoms with Gasteiger partial charge in [-0.1, -0.05) is 11.6 Å². The van der Waals surface area contributed by atoms with Crippen molar-refractivity contribution in [3.8, 4) is 5.75 Å². The van der Waals surface area contributed by atoms with Gasteiger partial charge in [0.15, 0.2) is 5.78 Å². The molecule has 0 atom stereocenters. The van der Waals surface area contributed by atoms with Crippen LogP contribution in [-0.4, -0.2) is 22.9 Å². The van der Waals surface area contributed by atoms with Crippen LogP contribution in [0.5, 0.6) is 5.75 Å². The van der Waals surface area contributed by atoms with Crippen LogP contribution in [0.1, 0.15) is 17.3 Å². The van der Waals surface area contributed by atoms with Crippen molar-refractivity contribution in [2.75, 3.05) is 17.7 Å². The summed E-state index contributed by atoms with van der Waals surface area (Å²) in [5.41, 5.74) is 2.23. The van der Waals surface area contributed by atoms with E-state index in [1.807, 2.05) is 18.2 Å². The highest BCUT2D eigenvalue weighted by atomic mass is 35.5. The molecule has 2 aromatic carbocycles. The fourth-order valence-corrected chi connectivity index (χ4v) is 2.56. The molecule has 132 valence electrons. The minimum absolute atomic E-state index is 0.0251. The van der Waals surface area contributed by atoms with Gasteiger partial charge < -0.3 is 15.4 Å². The van der Waals surface area contributed by atoms with Crippen molar-refractivity contribution in [2.24, 2.45) is 0 Å². The highest BCUT2D eigenvalue weighted by molar-refractivity contribution is 6.32. The number of halogens is 1. The van der Waals surface area contributed by atoms with Crippen molar-refractivity contribution in [2.45, 2.75) is 6.92 Å². The number of anilines is 4. The van der Waals surface area contributed by atoms with Gasteiger partial charge in [0.1, 0.15) is 11.6 Å². The number of methoxy groups -OCH3 is 1. The zero-order valence-electron chi connectivity index (χ0n) is 14.3. The van der Waals surface area contributed by atoms with Gasteiger partial charge >= 0.3 is 0 Å². The molecule has 3 aromatic rings. The van der Waals surface area contributed by atoms with Gasteiger partial charge in [0.2, 0.25) is 5.95 Å². The Kier molecular flexibility index (Phi) is 5.34. The van der Waals surface area contributed by atoms with Crippen molar-refractivity contribution < 1.29 is 9.53 Å². The molecule has 0 unspecified atom stereocenters. The van der Waals surface area contributed by atoms with E-state index in [2.05, 4.69) is 20.6 Å². The van der Waals surface area contributed by atoms with Crippen LogP contribution in [0.15, 0.2) is 54.7 Å². The van der Waals surface area contributed by atoms with Gasteiger partial charge in [-0.3, -0.25) is 4.79 Å². The number of nitrogens with zero attached hydrogens (tertiary/aromatic N) is 2. The number of Topliss-reactive ketones (excluding diaryl/α,β-unsaturated/α-hetero) is 1. The Morgan fingerprint density at radius 1 is 1.04 bits per heavy atom. The molecule has 6 nitrogen and oxygen atoms in total. The molecule has 7 heteroatoms. The van der Waals surface area contributed by atoms with Crippen LogP contribution in [0, 0.1) is 0 Å². The van der Waals surface area contributed by atoms with Crippen molar-refractivity contribution >= 4 is 40.5 Å². The lowest BCUT2D eigenvalue weighted by molar-refractivity contribution is 0.101. The number of carbonyl (C=O) groups excluding carboxylic acids is 1. The maximum Gasteiger partial charge on any atom is 0.229 e. The van der Waals surface area contributed by atoms with Gasteiger partial charge in [0, 0.05) is 23.1 Å². The highest BCUT2D eigenvalue weighted by Gasteiger charge is 2.05. The molecule has 0 aliphatic carbocycles. The Morgan fingerprint density at radius 3 is 2.42 bits per heavy atom. The normalized spacial score (nSPS) is 10.3. The summed E-state index contributed by atoms with van der Waals surface area (Å²) in [6.45, 7) is 1.53. The predicted molar refractivity (Wildman–Crippen MR) is 103 cm³/mol. The van der Waals surface area contributed by atoms with Gasteiger partial charge in [-0.15, -0.1) is 0 Å². The zero-order chi connectivity index (χ0) is 18.5. The molecule has 0 aliphatic rings. The second-order valence-corrected chi connectivity index (χ2v) is 5.91. The van der Waals surface area contributed by atoms with Crippen LogP contribution in [0.4, 0.5) is 23.1 Å². The third-order valence-corrected chi connectivity index (χ3v) is 3.92. The maximum atomic E-state index is 11.3. The average molecular weight is 369 g/mol. The number of benzene rings is 2. The Balaban J connectivity index is 1.73. The van der Waals surface area contributed by atoms with Crippen LogP contribution in [0.2, 0.25) is 5.02 Å². The summed E-state index contributed by atoms with van der Waals surface area (Å²) < 4.78 is 5.14. The Hall–Kier alpha value is -3.12. The Bertz CT molecular complexity index is 929. The molecule has 0 spiro atoms. The topological polar surface area (TPSA) is 76.1 Å². The van der Waals surface area contributed by atoms with Gasteiger partial charge in [-0.2, -0.15) is 4.98 Å². The molecule has 0 bridgehead atoms. The summed E-state index contributed by atoms with van der Waals surface area (Å²) >= 11 is 6.14. The van der Waals surface area contributed by atoms with E-state index >= 15 is 0 Å². The molecule has 0 amide bonds. The minimum Gasteiger partial charge on any atom is -0.495 e. The standard InChI is InChI=1S/C19H17ClN4O2/c1-12(25)13-3-5-14(6-4-13)23-19-21-10-9-18(24-19)22-15-7-8-17(26-2)16(20)11-15/h3-11H,1-2H3,(H2,21,22,23,24). The summed E-state index contributed by atoms with van der Waals surface area (Å²) in [6, 6.07) is 14.3. The summed E-state index contributed by atoms with van der Waals surface area (Å²) in [7, 11) is 1.57. The van der Waals surface area contributed by atoms with E-state index in [4.69, 9.17) is 16.3 Å². The predicted octanol–water partition coefficient (Wildman–Crippen LogP) is 4.83. The van der Waals surface area contributed by atoms with Gasteiger partial charge in [0.05, 0.1) is 12.1 Å². The first-order valence-corrected chi connectivity index (χ1v) is 8.24. The lowest BCUT2D eigenvalue weighted by atomic mass is 10.1. The highest BCUT2D eigenvalue weighted by Crippen LogP contribution is 2.28. The van der Waals surface area contributed by atoms with Crippen LogP contribution in [0.25, 0.3) is 0 Å². The van der Waals surface area contributed by atoms with E-state index in [0.29, 0.717) is 28.1 Å². The van der Waals surface area contributed by atoms with E-state index in [-0.39, 0.29) is 5.78 Å². The Morgan fingerprint density at radius 2 is 1.77 bits per heavy atom. The first kappa shape index (κ1) is 17.7. The second kappa shape index (κ2) is 7.84. The van der Waals surface area contributed by atoms with Crippen molar-refractivity contribution in [3.63, 3.8) is 0 Å². The number of ketones is 1. The molecule has 1 heterocycles. The molecule has 0 saturated heterocycles. The van der Waals surface area contributed by atoms with Gasteiger partial charge in [-0.25, -0.2) is 4.98 Å². The number of hydrogen-bond acceptors (Lipinski definition) is 6. The maximum absolute atomic E-state index is 11.3. The molecular formula is C19H17ClN4O2. The minimum atomic E-state index is 0.0251. The molecule has 0 fully saturated rings. The second-order valence-electron chi connectivity index (χ2n) is 5.50. The summed E-state index contributed by atoms with van der Waals surface area (Å²) in [5.74, 6) is 1.68. The largest absolute Gasteiger partial charge is 0.495 e. The molecule has 26 heavy (non-hydrogen) atoms. The first-order chi connectivity index (χ1) is 12.5. The van der Waals surface area contributed by atoms with Crippen molar-refractivity contribution in [1.29, 1.82) is 0 Å². The molecule has 0 aliphatic heterocycles. The SMILES string of the molecule is COc1ccc(Nc2ccnc(Nc3ccc(C(C)=O)cc3)n2)cc1Cl. The summed E-state index contributed by atoms with van der Waals surface area (Å²) in [4.78, 5) is 19.9. The number of aromatic nitrogens is 2. The van der Waals surface area contributed by atoms with E-state index in [9.17, 15) is 4.79 Å². The van der Waals surface area contributed by atoms with E-state index in [0.717, 1.165) is 11.4 Å². The lowest BCUT2D eigenvalue weighted by Crippen LogP contribution is -2.01. The van der Waals surface area contributed by atoms with Gasteiger partial charge in [0.25, 0.3) is 0 Å². The molecule has 0 saturated carbocycles. The molecular weight excluding hydrogens is 352 g/mol. The fourth-order valence-electron chi connectivity index (χ4n) is 2.30. The number of hydrogen-bond donors (Lipinski definition) is 2. The quantitative estimate of drug-likeness (QED) is 0.607. The first-order valence-electron chi connectivity index (χ1n) is 7.87. The number of carbonyl (C=O) groups is 1. The van der Waals surface area contributed by atoms with E-state index in [1.165, 1.54) is 6.92 Å². The average Bonchev–Trinajstić information content (AvgIpc) is 2.63. The fraction of sp³-hybridized carbons (Fsp3) is 0.105. The molecule has 0 radical (unpaired) electrons. The van der Waals surface area contributed by atoms with Crippen LogP contribution in [-0.2, 0) is 0 Å². The number of ether oxygens (including phenoxy) is 1. The number of rotatable bonds is 6. The van der Waals surface area contributed by atoms with Crippen LogP contribution in [0.3, 0.4) is 0 Å². The van der Waals surface area contributed by atoms with Crippen LogP contribution < -0.4 is 15.4 Å². The zero-order valence-corrected chi connectivity index (χ0v) is 15.0. The van der Waals surface area contributed by atoms with Crippen molar-refractivity contribution in [1.82, 2.24) is 9.97 Å². The third-order valence-electron chi connectivity index (χ3n) is 3.63. The molecule has 1 aromatic heterocycles. The van der Waals surface area contributed by atoms with Crippen molar-refractivity contribution in [3.05, 3.63) is 65.3 Å². The summed E-state index contributed by atoms with van der Waals surface area (Å²) in [6.07, 6.45) is 1.65. The third kappa shape index (κ3) is 4.29. The monoisotopic (exact) mass is 368 g/mol.